The van der Waals surface area contributed by atoms with E-state index in [9.17, 15) is 0 Å². The second-order valence-corrected chi connectivity index (χ2v) is 6.13. The third-order valence-corrected chi connectivity index (χ3v) is 4.06. The summed E-state index contributed by atoms with van der Waals surface area (Å²) in [6.07, 6.45) is 1.00. The van der Waals surface area contributed by atoms with E-state index in [1.807, 2.05) is 13.1 Å². The van der Waals surface area contributed by atoms with Crippen molar-refractivity contribution >= 4 is 5.96 Å². The number of guanidine groups is 1. The van der Waals surface area contributed by atoms with E-state index in [-0.39, 0.29) is 0 Å². The third-order valence-electron chi connectivity index (χ3n) is 4.06. The Balaban J connectivity index is 1.62. The van der Waals surface area contributed by atoms with Gasteiger partial charge in [-0.15, -0.1) is 0 Å². The lowest BCUT2D eigenvalue weighted by atomic mass is 10.1. The van der Waals surface area contributed by atoms with Gasteiger partial charge in [-0.05, 0) is 17.9 Å². The predicted octanol–water partition coefficient (Wildman–Crippen LogP) is 1.36. The van der Waals surface area contributed by atoms with Crippen LogP contribution in [0.4, 0.5) is 0 Å². The molecule has 1 aromatic rings. The molecule has 1 aromatic carbocycles. The highest BCUT2D eigenvalue weighted by atomic mass is 16.5. The molecule has 0 bridgehead atoms. The van der Waals surface area contributed by atoms with E-state index in [2.05, 4.69) is 51.7 Å². The number of rotatable bonds is 7. The molecule has 1 aliphatic rings. The zero-order valence-electron chi connectivity index (χ0n) is 14.4. The first-order valence-electron chi connectivity index (χ1n) is 8.56. The topological polar surface area (TPSA) is 48.9 Å². The minimum atomic E-state index is 0.584. The van der Waals surface area contributed by atoms with Crippen LogP contribution in [0.2, 0.25) is 0 Å². The lowest BCUT2D eigenvalue weighted by Gasteiger charge is -2.29. The van der Waals surface area contributed by atoms with Gasteiger partial charge in [-0.25, -0.2) is 0 Å². The van der Waals surface area contributed by atoms with Crippen molar-refractivity contribution in [2.75, 3.05) is 53.0 Å². The largest absolute Gasteiger partial charge is 0.379 e. The molecule has 2 rings (SSSR count). The molecule has 0 radical (unpaired) electrons. The van der Waals surface area contributed by atoms with E-state index >= 15 is 0 Å². The second kappa shape index (κ2) is 10.2. The summed E-state index contributed by atoms with van der Waals surface area (Å²) < 4.78 is 5.39. The van der Waals surface area contributed by atoms with Gasteiger partial charge in [0.05, 0.1) is 13.2 Å². The standard InChI is InChI=1S/C18H30N4O/c1-16(15-22-10-12-23-13-11-22)14-21-18(19-2)20-9-8-17-6-4-3-5-7-17/h3-7,16H,8-15H2,1-2H3,(H2,19,20,21). The highest BCUT2D eigenvalue weighted by molar-refractivity contribution is 5.79. The van der Waals surface area contributed by atoms with E-state index in [1.54, 1.807) is 0 Å². The van der Waals surface area contributed by atoms with E-state index in [4.69, 9.17) is 4.74 Å². The van der Waals surface area contributed by atoms with Gasteiger partial charge >= 0.3 is 0 Å². The van der Waals surface area contributed by atoms with E-state index < -0.39 is 0 Å². The number of hydrogen-bond acceptors (Lipinski definition) is 3. The molecule has 1 heterocycles. The Hall–Kier alpha value is -1.59. The summed E-state index contributed by atoms with van der Waals surface area (Å²) in [7, 11) is 1.82. The quantitative estimate of drug-likeness (QED) is 0.589. The Morgan fingerprint density at radius 3 is 2.65 bits per heavy atom. The average molecular weight is 318 g/mol. The molecule has 1 fully saturated rings. The molecule has 1 aliphatic heterocycles. The Bertz CT molecular complexity index is 457. The van der Waals surface area contributed by atoms with E-state index in [0.29, 0.717) is 5.92 Å². The fourth-order valence-electron chi connectivity index (χ4n) is 2.75. The van der Waals surface area contributed by atoms with Gasteiger partial charge in [0.1, 0.15) is 0 Å². The van der Waals surface area contributed by atoms with Crippen LogP contribution in [-0.2, 0) is 11.2 Å². The van der Waals surface area contributed by atoms with Crippen molar-refractivity contribution in [1.82, 2.24) is 15.5 Å². The van der Waals surface area contributed by atoms with Crippen molar-refractivity contribution in [2.45, 2.75) is 13.3 Å². The molecule has 0 aromatic heterocycles. The molecule has 0 spiro atoms. The molecule has 1 atom stereocenters. The summed E-state index contributed by atoms with van der Waals surface area (Å²) in [5, 5.41) is 6.81. The second-order valence-electron chi connectivity index (χ2n) is 6.13. The highest BCUT2D eigenvalue weighted by Crippen LogP contribution is 2.02. The third kappa shape index (κ3) is 7.01. The maximum absolute atomic E-state index is 5.39. The number of nitrogens with zero attached hydrogens (tertiary/aromatic N) is 2. The van der Waals surface area contributed by atoms with Crippen LogP contribution in [0, 0.1) is 5.92 Å². The van der Waals surface area contributed by atoms with Gasteiger partial charge in [0.2, 0.25) is 0 Å². The summed E-state index contributed by atoms with van der Waals surface area (Å²) >= 11 is 0. The van der Waals surface area contributed by atoms with E-state index in [0.717, 1.165) is 58.3 Å². The molecule has 23 heavy (non-hydrogen) atoms. The molecule has 0 amide bonds. The Morgan fingerprint density at radius 1 is 1.22 bits per heavy atom. The number of hydrogen-bond donors (Lipinski definition) is 2. The summed E-state index contributed by atoms with van der Waals surface area (Å²) in [4.78, 5) is 6.77. The number of morpholine rings is 1. The Labute approximate surface area is 140 Å². The first kappa shape index (κ1) is 17.8. The van der Waals surface area contributed by atoms with Crippen molar-refractivity contribution in [3.63, 3.8) is 0 Å². The smallest absolute Gasteiger partial charge is 0.190 e. The SMILES string of the molecule is CN=C(NCCc1ccccc1)NCC(C)CN1CCOCC1. The lowest BCUT2D eigenvalue weighted by molar-refractivity contribution is 0.0320. The van der Waals surface area contributed by atoms with E-state index in [1.165, 1.54) is 5.56 Å². The van der Waals surface area contributed by atoms with Crippen molar-refractivity contribution in [2.24, 2.45) is 10.9 Å². The van der Waals surface area contributed by atoms with Crippen molar-refractivity contribution < 1.29 is 4.74 Å². The molecular weight excluding hydrogens is 288 g/mol. The molecule has 128 valence electrons. The minimum absolute atomic E-state index is 0.584. The number of aliphatic imine (C=N–C) groups is 1. The summed E-state index contributed by atoms with van der Waals surface area (Å²) in [5.41, 5.74) is 1.34. The van der Waals surface area contributed by atoms with Crippen molar-refractivity contribution in [3.8, 4) is 0 Å². The average Bonchev–Trinajstić information content (AvgIpc) is 2.59. The van der Waals surface area contributed by atoms with Crippen molar-refractivity contribution in [3.05, 3.63) is 35.9 Å². The maximum atomic E-state index is 5.39. The zero-order valence-corrected chi connectivity index (χ0v) is 14.4. The highest BCUT2D eigenvalue weighted by Gasteiger charge is 2.13. The monoisotopic (exact) mass is 318 g/mol. The number of ether oxygens (including phenoxy) is 1. The predicted molar refractivity (Wildman–Crippen MR) is 95.9 cm³/mol. The summed E-state index contributed by atoms with van der Waals surface area (Å²) in [5.74, 6) is 1.47. The fraction of sp³-hybridized carbons (Fsp3) is 0.611. The zero-order chi connectivity index (χ0) is 16.3. The number of nitrogens with one attached hydrogen (secondary N) is 2. The van der Waals surface area contributed by atoms with Gasteiger partial charge in [-0.2, -0.15) is 0 Å². The Kier molecular flexibility index (Phi) is 7.90. The van der Waals surface area contributed by atoms with Crippen LogP contribution in [0.3, 0.4) is 0 Å². The normalized spacial score (nSPS) is 17.7. The molecule has 5 nitrogen and oxygen atoms in total. The minimum Gasteiger partial charge on any atom is -0.379 e. The van der Waals surface area contributed by atoms with Gasteiger partial charge in [0, 0.05) is 39.8 Å². The van der Waals surface area contributed by atoms with Gasteiger partial charge in [0.15, 0.2) is 5.96 Å². The van der Waals surface area contributed by atoms with Gasteiger partial charge in [-0.1, -0.05) is 37.3 Å². The molecule has 2 N–H and O–H groups in total. The molecule has 5 heteroatoms. The van der Waals surface area contributed by atoms with Crippen LogP contribution in [0.1, 0.15) is 12.5 Å². The van der Waals surface area contributed by atoms with Crippen LogP contribution < -0.4 is 10.6 Å². The van der Waals surface area contributed by atoms with Gasteiger partial charge in [0.25, 0.3) is 0 Å². The van der Waals surface area contributed by atoms with Crippen molar-refractivity contribution in [1.29, 1.82) is 0 Å². The lowest BCUT2D eigenvalue weighted by Crippen LogP contribution is -2.44. The van der Waals surface area contributed by atoms with Gasteiger partial charge in [-0.3, -0.25) is 9.89 Å². The molecule has 0 aliphatic carbocycles. The molecule has 0 saturated carbocycles. The molecule has 1 saturated heterocycles. The van der Waals surface area contributed by atoms with Crippen LogP contribution >= 0.6 is 0 Å². The number of benzene rings is 1. The molecule has 1 unspecified atom stereocenters. The van der Waals surface area contributed by atoms with Crippen LogP contribution in [0.15, 0.2) is 35.3 Å². The van der Waals surface area contributed by atoms with Gasteiger partial charge < -0.3 is 15.4 Å². The summed E-state index contributed by atoms with van der Waals surface area (Å²) in [6, 6.07) is 10.5. The van der Waals surface area contributed by atoms with Crippen LogP contribution in [0.25, 0.3) is 0 Å². The molecular formula is C18H30N4O. The fourth-order valence-corrected chi connectivity index (χ4v) is 2.75. The van der Waals surface area contributed by atoms with Crippen LogP contribution in [-0.4, -0.2) is 63.8 Å². The first-order valence-corrected chi connectivity index (χ1v) is 8.56. The maximum Gasteiger partial charge on any atom is 0.190 e. The van der Waals surface area contributed by atoms with Crippen LogP contribution in [0.5, 0.6) is 0 Å². The first-order chi connectivity index (χ1) is 11.3. The Morgan fingerprint density at radius 2 is 1.96 bits per heavy atom. The summed E-state index contributed by atoms with van der Waals surface area (Å²) in [6.45, 7) is 9.04.